The number of nitrogens with zero attached hydrogens (tertiary/aromatic N) is 2. The van der Waals surface area contributed by atoms with Gasteiger partial charge in [0.1, 0.15) is 30.5 Å². The number of aliphatic carboxylic acids is 1. The van der Waals surface area contributed by atoms with Crippen LogP contribution in [0.2, 0.25) is 0 Å². The first kappa shape index (κ1) is 23.4. The second-order valence-corrected chi connectivity index (χ2v) is 7.77. The van der Waals surface area contributed by atoms with Gasteiger partial charge in [-0.2, -0.15) is 0 Å². The maximum absolute atomic E-state index is 12.7. The van der Waals surface area contributed by atoms with Crippen LogP contribution in [-0.4, -0.2) is 71.2 Å². The molecule has 1 aromatic rings. The average molecular weight is 439 g/mol. The topological polar surface area (TPSA) is 224 Å². The van der Waals surface area contributed by atoms with Crippen molar-refractivity contribution in [3.8, 4) is 0 Å². The third-order valence-electron chi connectivity index (χ3n) is 4.41. The Morgan fingerprint density at radius 2 is 1.97 bits per heavy atom. The third-order valence-corrected chi connectivity index (χ3v) is 4.90. The Bertz CT molecular complexity index is 922. The Balaban J connectivity index is 2.32. The van der Waals surface area contributed by atoms with E-state index in [0.29, 0.717) is 0 Å². The Morgan fingerprint density at radius 3 is 2.52 bits per heavy atom. The molecule has 0 spiro atoms. The van der Waals surface area contributed by atoms with E-state index >= 15 is 0 Å². The number of aliphatic hydroxyl groups excluding tert-OH is 2. The number of nitrogens with two attached hydrogens (primary N) is 1. The molecule has 1 fully saturated rings. The van der Waals surface area contributed by atoms with Crippen molar-refractivity contribution in [3.05, 3.63) is 32.6 Å². The van der Waals surface area contributed by atoms with Gasteiger partial charge >= 0.3 is 19.5 Å². The van der Waals surface area contributed by atoms with Gasteiger partial charge in [-0.05, 0) is 6.42 Å². The Labute approximate surface area is 163 Å². The van der Waals surface area contributed by atoms with Crippen LogP contribution in [0.3, 0.4) is 0 Å². The Kier molecular flexibility index (Phi) is 7.14. The minimum atomic E-state index is -4.86. The van der Waals surface area contributed by atoms with Crippen LogP contribution in [0.1, 0.15) is 18.1 Å². The van der Waals surface area contributed by atoms with Crippen molar-refractivity contribution in [2.45, 2.75) is 43.4 Å². The number of aromatic nitrogens is 2. The Hall–Kier alpha value is -1.90. The van der Waals surface area contributed by atoms with Gasteiger partial charge in [0, 0.05) is 19.8 Å². The molecule has 1 aromatic heterocycles. The van der Waals surface area contributed by atoms with Gasteiger partial charge in [-0.1, -0.05) is 0 Å². The summed E-state index contributed by atoms with van der Waals surface area (Å²) < 4.78 is 22.1. The highest BCUT2D eigenvalue weighted by atomic mass is 31.2. The zero-order chi connectivity index (χ0) is 22.1. The lowest BCUT2D eigenvalue weighted by atomic mass is 10.0. The minimum absolute atomic E-state index is 0.219. The van der Waals surface area contributed by atoms with E-state index in [4.69, 9.17) is 25.4 Å². The second-order valence-electron chi connectivity index (χ2n) is 6.53. The number of phosphoric acid groups is 1. The van der Waals surface area contributed by atoms with E-state index in [1.165, 1.54) is 7.05 Å². The summed E-state index contributed by atoms with van der Waals surface area (Å²) in [6.07, 6.45) is -5.19. The molecule has 0 saturated carbocycles. The van der Waals surface area contributed by atoms with Crippen LogP contribution in [0, 0.1) is 0 Å². The molecule has 1 aliphatic rings. The molecule has 0 unspecified atom stereocenters. The number of hydrogen-bond acceptors (Lipinski definition) is 9. The van der Waals surface area contributed by atoms with E-state index in [1.807, 2.05) is 0 Å². The smallest absolute Gasteiger partial charge is 0.469 e. The molecule has 7 N–H and O–H groups in total. The van der Waals surface area contributed by atoms with Crippen molar-refractivity contribution in [2.75, 3.05) is 6.61 Å². The lowest BCUT2D eigenvalue weighted by Crippen LogP contribution is -2.44. The van der Waals surface area contributed by atoms with Crippen molar-refractivity contribution in [3.63, 3.8) is 0 Å². The van der Waals surface area contributed by atoms with Gasteiger partial charge in [0.05, 0.1) is 12.2 Å². The van der Waals surface area contributed by atoms with Gasteiger partial charge in [-0.3, -0.25) is 18.7 Å². The molecule has 15 heteroatoms. The first-order chi connectivity index (χ1) is 13.3. The van der Waals surface area contributed by atoms with Crippen LogP contribution in [0.5, 0.6) is 0 Å². The predicted octanol–water partition coefficient (Wildman–Crippen LogP) is -3.38. The summed E-state index contributed by atoms with van der Waals surface area (Å²) in [5.74, 6) is -1.31. The molecule has 0 amide bonds. The van der Waals surface area contributed by atoms with E-state index in [9.17, 15) is 29.2 Å². The molecular formula is C14H22N3O11P. The van der Waals surface area contributed by atoms with Crippen molar-refractivity contribution in [2.24, 2.45) is 12.8 Å². The molecule has 5 atom stereocenters. The molecule has 14 nitrogen and oxygen atoms in total. The van der Waals surface area contributed by atoms with Crippen LogP contribution >= 0.6 is 7.82 Å². The summed E-state index contributed by atoms with van der Waals surface area (Å²) in [4.78, 5) is 53.3. The van der Waals surface area contributed by atoms with Crippen molar-refractivity contribution >= 4 is 13.8 Å². The molecule has 1 saturated heterocycles. The van der Waals surface area contributed by atoms with Crippen LogP contribution in [0.15, 0.2) is 15.8 Å². The van der Waals surface area contributed by atoms with Gasteiger partial charge in [0.25, 0.3) is 5.56 Å². The number of ether oxygens (including phenoxy) is 1. The quantitative estimate of drug-likeness (QED) is 0.218. The summed E-state index contributed by atoms with van der Waals surface area (Å²) in [5.41, 5.74) is 3.52. The van der Waals surface area contributed by atoms with E-state index in [0.717, 1.165) is 15.3 Å². The minimum Gasteiger partial charge on any atom is -0.480 e. The number of aliphatic hydroxyl groups is 2. The van der Waals surface area contributed by atoms with Gasteiger partial charge in [-0.15, -0.1) is 0 Å². The monoisotopic (exact) mass is 439 g/mol. The molecule has 0 aliphatic carbocycles. The van der Waals surface area contributed by atoms with Crippen LogP contribution in [-0.2, 0) is 32.2 Å². The van der Waals surface area contributed by atoms with Gasteiger partial charge in [0.2, 0.25) is 0 Å². The Morgan fingerprint density at radius 1 is 1.34 bits per heavy atom. The molecule has 1 aliphatic heterocycles. The van der Waals surface area contributed by atoms with Crippen molar-refractivity contribution in [1.29, 1.82) is 0 Å². The van der Waals surface area contributed by atoms with Crippen LogP contribution in [0.4, 0.5) is 0 Å². The first-order valence-corrected chi connectivity index (χ1v) is 9.87. The van der Waals surface area contributed by atoms with Crippen LogP contribution in [0.25, 0.3) is 0 Å². The highest BCUT2D eigenvalue weighted by Crippen LogP contribution is 2.39. The summed E-state index contributed by atoms with van der Waals surface area (Å²) in [5, 5.41) is 29.1. The van der Waals surface area contributed by atoms with E-state index in [2.05, 4.69) is 4.52 Å². The third kappa shape index (κ3) is 5.38. The fraction of sp³-hybridized carbons (Fsp3) is 0.643. The average Bonchev–Trinajstić information content (AvgIpc) is 2.90. The fourth-order valence-corrected chi connectivity index (χ4v) is 3.19. The van der Waals surface area contributed by atoms with E-state index in [-0.39, 0.29) is 18.5 Å². The zero-order valence-corrected chi connectivity index (χ0v) is 16.1. The number of aryl methyl sites for hydroxylation is 1. The molecular weight excluding hydrogens is 417 g/mol. The predicted molar refractivity (Wildman–Crippen MR) is 93.8 cm³/mol. The number of carbonyl (C=O) groups is 1. The second kappa shape index (κ2) is 8.85. The highest BCUT2D eigenvalue weighted by molar-refractivity contribution is 7.46. The number of phosphoric ester groups is 1. The fourth-order valence-electron chi connectivity index (χ4n) is 2.85. The number of rotatable bonds is 8. The normalized spacial score (nSPS) is 25.9. The van der Waals surface area contributed by atoms with Crippen molar-refractivity contribution in [1.82, 2.24) is 9.13 Å². The molecule has 0 radical (unpaired) electrons. The first-order valence-electron chi connectivity index (χ1n) is 8.34. The van der Waals surface area contributed by atoms with Crippen molar-refractivity contribution < 1.29 is 43.7 Å². The van der Waals surface area contributed by atoms with Crippen LogP contribution < -0.4 is 17.0 Å². The van der Waals surface area contributed by atoms with E-state index < -0.39 is 62.1 Å². The maximum atomic E-state index is 12.7. The number of carboxylic acids is 1. The highest BCUT2D eigenvalue weighted by Gasteiger charge is 2.45. The van der Waals surface area contributed by atoms with Gasteiger partial charge < -0.3 is 40.1 Å². The molecule has 0 bridgehead atoms. The lowest BCUT2D eigenvalue weighted by molar-refractivity contribution is -0.138. The largest absolute Gasteiger partial charge is 0.480 e. The molecule has 2 heterocycles. The summed E-state index contributed by atoms with van der Waals surface area (Å²) >= 11 is 0. The molecule has 164 valence electrons. The number of hydrogen-bond donors (Lipinski definition) is 6. The SMILES string of the molecule is Cn1cc([C@@H]2O[C@@H](COP(=O)(O)O)[C@@H](O)[C@H]2O)c(=O)n(CC[C@H](N)C(=O)O)c1=O. The molecule has 29 heavy (non-hydrogen) atoms. The van der Waals surface area contributed by atoms with Gasteiger partial charge in [-0.25, -0.2) is 9.36 Å². The summed E-state index contributed by atoms with van der Waals surface area (Å²) in [6.45, 7) is -1.07. The maximum Gasteiger partial charge on any atom is 0.469 e. The van der Waals surface area contributed by atoms with E-state index in [1.54, 1.807) is 0 Å². The zero-order valence-electron chi connectivity index (χ0n) is 15.2. The summed E-state index contributed by atoms with van der Waals surface area (Å²) in [7, 11) is -3.55. The lowest BCUT2D eigenvalue weighted by Gasteiger charge is -2.17. The number of carboxylic acid groups (broad SMARTS) is 1. The summed E-state index contributed by atoms with van der Waals surface area (Å²) in [6, 6.07) is -1.31. The standard InChI is InChI=1S/C14H22N3O11P/c1-16-4-6(12(20)17(14(16)23)3-2-7(15)13(21)22)11-10(19)9(18)8(28-11)5-27-29(24,25)26/h4,7-11,18-19H,2-3,5,15H2,1H3,(H,21,22)(H2,24,25,26)/t7-,8-,9+,10+,11-/m0/s1. The molecule has 2 rings (SSSR count). The van der Waals surface area contributed by atoms with Gasteiger partial charge in [0.15, 0.2) is 0 Å². The molecule has 0 aromatic carbocycles.